The van der Waals surface area contributed by atoms with Crippen molar-refractivity contribution in [3.8, 4) is 5.75 Å². The van der Waals surface area contributed by atoms with Crippen molar-refractivity contribution >= 4 is 27.3 Å². The Bertz CT molecular complexity index is 527. The van der Waals surface area contributed by atoms with Crippen molar-refractivity contribution in [2.24, 2.45) is 5.73 Å². The summed E-state index contributed by atoms with van der Waals surface area (Å²) < 4.78 is 6.68. The minimum absolute atomic E-state index is 0.133. The highest BCUT2D eigenvalue weighted by molar-refractivity contribution is 9.10. The Balaban J connectivity index is 2.22. The molecule has 0 fully saturated rings. The SMILES string of the molecule is CC(C)Oc1cncc(C(N)c2cc(Br)cs2)c1. The average molecular weight is 327 g/mol. The van der Waals surface area contributed by atoms with Crippen molar-refractivity contribution in [2.75, 3.05) is 0 Å². The van der Waals surface area contributed by atoms with Gasteiger partial charge < -0.3 is 10.5 Å². The topological polar surface area (TPSA) is 48.1 Å². The summed E-state index contributed by atoms with van der Waals surface area (Å²) in [4.78, 5) is 5.28. The van der Waals surface area contributed by atoms with E-state index in [0.29, 0.717) is 0 Å². The van der Waals surface area contributed by atoms with Gasteiger partial charge in [-0.25, -0.2) is 0 Å². The van der Waals surface area contributed by atoms with E-state index in [2.05, 4.69) is 20.9 Å². The van der Waals surface area contributed by atoms with Gasteiger partial charge >= 0.3 is 0 Å². The van der Waals surface area contributed by atoms with Crippen LogP contribution in [0.5, 0.6) is 5.75 Å². The fourth-order valence-corrected chi connectivity index (χ4v) is 3.07. The first kappa shape index (κ1) is 13.5. The fourth-order valence-electron chi connectivity index (χ4n) is 1.60. The summed E-state index contributed by atoms with van der Waals surface area (Å²) in [5.74, 6) is 0.758. The van der Waals surface area contributed by atoms with Gasteiger partial charge in [-0.1, -0.05) is 0 Å². The average Bonchev–Trinajstić information content (AvgIpc) is 2.74. The molecule has 0 spiro atoms. The highest BCUT2D eigenvalue weighted by Crippen LogP contribution is 2.29. The molecule has 0 saturated carbocycles. The van der Waals surface area contributed by atoms with E-state index < -0.39 is 0 Å². The molecule has 2 N–H and O–H groups in total. The van der Waals surface area contributed by atoms with Gasteiger partial charge in [0.15, 0.2) is 0 Å². The van der Waals surface area contributed by atoms with E-state index in [1.54, 1.807) is 23.7 Å². The van der Waals surface area contributed by atoms with Crippen molar-refractivity contribution in [1.82, 2.24) is 4.98 Å². The van der Waals surface area contributed by atoms with Crippen LogP contribution in [0.25, 0.3) is 0 Å². The lowest BCUT2D eigenvalue weighted by molar-refractivity contribution is 0.241. The predicted octanol–water partition coefficient (Wildman–Crippen LogP) is 3.74. The molecule has 0 saturated heterocycles. The third kappa shape index (κ3) is 3.31. The van der Waals surface area contributed by atoms with Crippen LogP contribution in [-0.4, -0.2) is 11.1 Å². The number of hydrogen-bond acceptors (Lipinski definition) is 4. The van der Waals surface area contributed by atoms with Crippen LogP contribution in [0, 0.1) is 0 Å². The molecular formula is C13H15BrN2OS. The van der Waals surface area contributed by atoms with Gasteiger partial charge in [-0.3, -0.25) is 4.98 Å². The van der Waals surface area contributed by atoms with E-state index in [1.807, 2.05) is 31.4 Å². The van der Waals surface area contributed by atoms with Crippen LogP contribution in [0.3, 0.4) is 0 Å². The first-order chi connectivity index (χ1) is 8.56. The van der Waals surface area contributed by atoms with Gasteiger partial charge in [-0.15, -0.1) is 11.3 Å². The van der Waals surface area contributed by atoms with Crippen LogP contribution >= 0.6 is 27.3 Å². The number of aromatic nitrogens is 1. The summed E-state index contributed by atoms with van der Waals surface area (Å²) in [5, 5.41) is 2.02. The van der Waals surface area contributed by atoms with Crippen molar-refractivity contribution < 1.29 is 4.74 Å². The minimum atomic E-state index is -0.162. The molecule has 0 aliphatic carbocycles. The molecule has 2 rings (SSSR count). The molecule has 1 atom stereocenters. The molecule has 2 heterocycles. The second kappa shape index (κ2) is 5.82. The highest BCUT2D eigenvalue weighted by atomic mass is 79.9. The number of nitrogens with two attached hydrogens (primary N) is 1. The summed E-state index contributed by atoms with van der Waals surface area (Å²) in [5.41, 5.74) is 7.18. The lowest BCUT2D eigenvalue weighted by atomic mass is 10.1. The van der Waals surface area contributed by atoms with E-state index in [0.717, 1.165) is 20.7 Å². The molecule has 0 aliphatic rings. The number of halogens is 1. The molecule has 3 nitrogen and oxygen atoms in total. The first-order valence-electron chi connectivity index (χ1n) is 5.67. The summed E-state index contributed by atoms with van der Waals surface area (Å²) in [7, 11) is 0. The Kier molecular flexibility index (Phi) is 4.37. The first-order valence-corrected chi connectivity index (χ1v) is 7.34. The van der Waals surface area contributed by atoms with Gasteiger partial charge in [0, 0.05) is 20.9 Å². The molecular weight excluding hydrogens is 312 g/mol. The number of rotatable bonds is 4. The van der Waals surface area contributed by atoms with Crippen LogP contribution in [0.4, 0.5) is 0 Å². The Morgan fingerprint density at radius 2 is 2.11 bits per heavy atom. The van der Waals surface area contributed by atoms with Crippen molar-refractivity contribution in [3.63, 3.8) is 0 Å². The van der Waals surface area contributed by atoms with E-state index in [1.165, 1.54) is 0 Å². The van der Waals surface area contributed by atoms with Gasteiger partial charge in [-0.2, -0.15) is 0 Å². The van der Waals surface area contributed by atoms with Crippen LogP contribution in [0.1, 0.15) is 30.3 Å². The maximum Gasteiger partial charge on any atom is 0.138 e. The number of pyridine rings is 1. The van der Waals surface area contributed by atoms with Crippen molar-refractivity contribution in [2.45, 2.75) is 26.0 Å². The van der Waals surface area contributed by atoms with Crippen molar-refractivity contribution in [1.29, 1.82) is 0 Å². The summed E-state index contributed by atoms with van der Waals surface area (Å²) >= 11 is 5.07. The normalized spacial score (nSPS) is 12.7. The van der Waals surface area contributed by atoms with Gasteiger partial charge in [0.1, 0.15) is 5.75 Å². The molecule has 0 aromatic carbocycles. The van der Waals surface area contributed by atoms with E-state index in [-0.39, 0.29) is 12.1 Å². The van der Waals surface area contributed by atoms with Gasteiger partial charge in [-0.05, 0) is 47.5 Å². The Hall–Kier alpha value is -0.910. The zero-order valence-corrected chi connectivity index (χ0v) is 12.7. The smallest absolute Gasteiger partial charge is 0.138 e. The maximum absolute atomic E-state index is 6.22. The maximum atomic E-state index is 6.22. The fraction of sp³-hybridized carbons (Fsp3) is 0.308. The van der Waals surface area contributed by atoms with Crippen LogP contribution < -0.4 is 10.5 Å². The molecule has 0 aliphatic heterocycles. The Morgan fingerprint density at radius 3 is 2.72 bits per heavy atom. The Morgan fingerprint density at radius 1 is 1.33 bits per heavy atom. The third-order valence-corrected chi connectivity index (χ3v) is 4.14. The molecule has 0 amide bonds. The summed E-state index contributed by atoms with van der Waals surface area (Å²) in [6.45, 7) is 3.98. The highest BCUT2D eigenvalue weighted by Gasteiger charge is 2.12. The molecule has 2 aromatic rings. The second-order valence-electron chi connectivity index (χ2n) is 4.27. The second-order valence-corrected chi connectivity index (χ2v) is 6.12. The van der Waals surface area contributed by atoms with E-state index in [4.69, 9.17) is 10.5 Å². The Labute approximate surface area is 119 Å². The molecule has 2 aromatic heterocycles. The van der Waals surface area contributed by atoms with E-state index >= 15 is 0 Å². The standard InChI is InChI=1S/C13H15BrN2OS/c1-8(2)17-11-3-9(5-16-6-11)13(15)12-4-10(14)7-18-12/h3-8,13H,15H2,1-2H3. The lowest BCUT2D eigenvalue weighted by Crippen LogP contribution is -2.12. The molecule has 18 heavy (non-hydrogen) atoms. The van der Waals surface area contributed by atoms with Gasteiger partial charge in [0.2, 0.25) is 0 Å². The molecule has 0 bridgehead atoms. The summed E-state index contributed by atoms with van der Waals surface area (Å²) in [6.07, 6.45) is 3.63. The quantitative estimate of drug-likeness (QED) is 0.930. The number of thiophene rings is 1. The molecule has 0 radical (unpaired) electrons. The van der Waals surface area contributed by atoms with Crippen molar-refractivity contribution in [3.05, 3.63) is 44.8 Å². The van der Waals surface area contributed by atoms with Crippen LogP contribution in [0.15, 0.2) is 34.4 Å². The third-order valence-electron chi connectivity index (χ3n) is 2.36. The number of nitrogens with zero attached hydrogens (tertiary/aromatic N) is 1. The molecule has 1 unspecified atom stereocenters. The number of ether oxygens (including phenoxy) is 1. The van der Waals surface area contributed by atoms with Gasteiger partial charge in [0.25, 0.3) is 0 Å². The van der Waals surface area contributed by atoms with Crippen LogP contribution in [-0.2, 0) is 0 Å². The van der Waals surface area contributed by atoms with E-state index in [9.17, 15) is 0 Å². The zero-order chi connectivity index (χ0) is 13.1. The largest absolute Gasteiger partial charge is 0.489 e. The number of hydrogen-bond donors (Lipinski definition) is 1. The zero-order valence-electron chi connectivity index (χ0n) is 10.3. The minimum Gasteiger partial charge on any atom is -0.489 e. The van der Waals surface area contributed by atoms with Gasteiger partial charge in [0.05, 0.1) is 18.3 Å². The lowest BCUT2D eigenvalue weighted by Gasteiger charge is -2.13. The molecule has 96 valence electrons. The summed E-state index contributed by atoms with van der Waals surface area (Å²) in [6, 6.07) is 3.82. The van der Waals surface area contributed by atoms with Crippen LogP contribution in [0.2, 0.25) is 0 Å². The predicted molar refractivity (Wildman–Crippen MR) is 78.1 cm³/mol. The molecule has 5 heteroatoms. The monoisotopic (exact) mass is 326 g/mol.